The molecule has 2 rings (SSSR count). The van der Waals surface area contributed by atoms with Gasteiger partial charge in [0.05, 0.1) is 0 Å². The van der Waals surface area contributed by atoms with Gasteiger partial charge in [0.15, 0.2) is 0 Å². The Morgan fingerprint density at radius 3 is 2.21 bits per heavy atom. The van der Waals surface area contributed by atoms with Crippen molar-refractivity contribution in [1.82, 2.24) is 10.2 Å². The van der Waals surface area contributed by atoms with Gasteiger partial charge >= 0.3 is 0 Å². The molecule has 14 heavy (non-hydrogen) atoms. The molecule has 0 aromatic rings. The van der Waals surface area contributed by atoms with Crippen molar-refractivity contribution in [3.8, 4) is 0 Å². The summed E-state index contributed by atoms with van der Waals surface area (Å²) in [5, 5.41) is 3.45. The fourth-order valence-electron chi connectivity index (χ4n) is 2.42. The zero-order valence-electron chi connectivity index (χ0n) is 9.12. The van der Waals surface area contributed by atoms with Gasteiger partial charge in [-0.3, -0.25) is 4.79 Å². The van der Waals surface area contributed by atoms with Gasteiger partial charge in [-0.1, -0.05) is 6.42 Å². The van der Waals surface area contributed by atoms with Gasteiger partial charge in [0.2, 0.25) is 5.91 Å². The Kier molecular flexibility index (Phi) is 2.77. The third-order valence-electron chi connectivity index (χ3n) is 3.32. The lowest BCUT2D eigenvalue weighted by molar-refractivity contribution is -0.139. The van der Waals surface area contributed by atoms with Crippen molar-refractivity contribution in [2.24, 2.45) is 5.92 Å². The summed E-state index contributed by atoms with van der Waals surface area (Å²) in [5.41, 5.74) is 0. The van der Waals surface area contributed by atoms with E-state index >= 15 is 0 Å². The Hall–Kier alpha value is -0.570. The van der Waals surface area contributed by atoms with Crippen LogP contribution in [0.2, 0.25) is 0 Å². The van der Waals surface area contributed by atoms with Crippen LogP contribution in [0.1, 0.15) is 33.1 Å². The predicted octanol–water partition coefficient (Wildman–Crippen LogP) is 0.995. The minimum absolute atomic E-state index is 0.354. The Labute approximate surface area is 85.8 Å². The monoisotopic (exact) mass is 196 g/mol. The molecular weight excluding hydrogens is 176 g/mol. The van der Waals surface area contributed by atoms with E-state index in [0.29, 0.717) is 23.9 Å². The van der Waals surface area contributed by atoms with Gasteiger partial charge in [0.25, 0.3) is 0 Å². The van der Waals surface area contributed by atoms with Gasteiger partial charge in [-0.15, -0.1) is 0 Å². The SMILES string of the molecule is CC1CN(C(=O)C2CCC2)CC(C)N1. The molecule has 2 aliphatic rings. The number of amides is 1. The third kappa shape index (κ3) is 1.92. The van der Waals surface area contributed by atoms with E-state index in [2.05, 4.69) is 24.1 Å². The second-order valence-electron chi connectivity index (χ2n) is 4.84. The summed E-state index contributed by atoms with van der Waals surface area (Å²) in [7, 11) is 0. The Bertz CT molecular complexity index is 215. The van der Waals surface area contributed by atoms with E-state index in [-0.39, 0.29) is 0 Å². The molecule has 3 heteroatoms. The quantitative estimate of drug-likeness (QED) is 0.678. The minimum atomic E-state index is 0.354. The van der Waals surface area contributed by atoms with E-state index in [0.717, 1.165) is 25.9 Å². The summed E-state index contributed by atoms with van der Waals surface area (Å²) in [4.78, 5) is 14.0. The molecule has 0 radical (unpaired) electrons. The maximum atomic E-state index is 12.0. The number of hydrogen-bond donors (Lipinski definition) is 1. The standard InChI is InChI=1S/C11H20N2O/c1-8-6-13(7-9(2)12-8)11(14)10-4-3-5-10/h8-10,12H,3-7H2,1-2H3. The topological polar surface area (TPSA) is 32.3 Å². The van der Waals surface area contributed by atoms with E-state index in [9.17, 15) is 4.79 Å². The highest BCUT2D eigenvalue weighted by Crippen LogP contribution is 2.28. The second-order valence-corrected chi connectivity index (χ2v) is 4.84. The number of nitrogens with zero attached hydrogens (tertiary/aromatic N) is 1. The minimum Gasteiger partial charge on any atom is -0.339 e. The fourth-order valence-corrected chi connectivity index (χ4v) is 2.42. The lowest BCUT2D eigenvalue weighted by Gasteiger charge is -2.39. The van der Waals surface area contributed by atoms with Crippen LogP contribution in [0.25, 0.3) is 0 Å². The lowest BCUT2D eigenvalue weighted by atomic mass is 9.84. The Balaban J connectivity index is 1.92. The first-order valence-electron chi connectivity index (χ1n) is 5.71. The fraction of sp³-hybridized carbons (Fsp3) is 0.909. The molecule has 0 bridgehead atoms. The summed E-state index contributed by atoms with van der Waals surface area (Å²) in [6.07, 6.45) is 3.48. The molecule has 0 spiro atoms. The molecule has 1 N–H and O–H groups in total. The van der Waals surface area contributed by atoms with Crippen LogP contribution in [-0.4, -0.2) is 36.0 Å². The van der Waals surface area contributed by atoms with Gasteiger partial charge in [-0.2, -0.15) is 0 Å². The van der Waals surface area contributed by atoms with E-state index < -0.39 is 0 Å². The van der Waals surface area contributed by atoms with E-state index in [1.54, 1.807) is 0 Å². The van der Waals surface area contributed by atoms with Crippen LogP contribution >= 0.6 is 0 Å². The molecule has 1 saturated heterocycles. The number of rotatable bonds is 1. The van der Waals surface area contributed by atoms with Gasteiger partial charge in [0.1, 0.15) is 0 Å². The summed E-state index contributed by atoms with van der Waals surface area (Å²) < 4.78 is 0. The average Bonchev–Trinajstić information content (AvgIpc) is 1.98. The van der Waals surface area contributed by atoms with Crippen LogP contribution < -0.4 is 5.32 Å². The van der Waals surface area contributed by atoms with Crippen molar-refractivity contribution >= 4 is 5.91 Å². The Morgan fingerprint density at radius 2 is 1.79 bits per heavy atom. The summed E-state index contributed by atoms with van der Waals surface area (Å²) in [6, 6.07) is 0.894. The summed E-state index contributed by atoms with van der Waals surface area (Å²) in [5.74, 6) is 0.754. The van der Waals surface area contributed by atoms with Gasteiger partial charge in [-0.25, -0.2) is 0 Å². The van der Waals surface area contributed by atoms with Crippen molar-refractivity contribution in [2.75, 3.05) is 13.1 Å². The molecule has 1 heterocycles. The van der Waals surface area contributed by atoms with Crippen molar-refractivity contribution < 1.29 is 4.79 Å². The molecule has 80 valence electrons. The number of carbonyl (C=O) groups excluding carboxylic acids is 1. The summed E-state index contributed by atoms with van der Waals surface area (Å²) >= 11 is 0. The number of carbonyl (C=O) groups is 1. The molecule has 2 atom stereocenters. The molecule has 2 fully saturated rings. The molecule has 1 saturated carbocycles. The highest BCUT2D eigenvalue weighted by Gasteiger charge is 2.32. The first-order chi connectivity index (χ1) is 6.66. The smallest absolute Gasteiger partial charge is 0.225 e. The molecule has 1 aliphatic heterocycles. The summed E-state index contributed by atoms with van der Waals surface area (Å²) in [6.45, 7) is 6.08. The van der Waals surface area contributed by atoms with Gasteiger partial charge in [-0.05, 0) is 26.7 Å². The normalized spacial score (nSPS) is 34.0. The van der Waals surface area contributed by atoms with Crippen LogP contribution in [0.5, 0.6) is 0 Å². The number of hydrogen-bond acceptors (Lipinski definition) is 2. The molecule has 3 nitrogen and oxygen atoms in total. The van der Waals surface area contributed by atoms with Crippen molar-refractivity contribution in [2.45, 2.75) is 45.2 Å². The average molecular weight is 196 g/mol. The largest absolute Gasteiger partial charge is 0.339 e. The molecule has 0 aromatic heterocycles. The van der Waals surface area contributed by atoms with E-state index in [1.165, 1.54) is 6.42 Å². The van der Waals surface area contributed by atoms with Crippen LogP contribution in [0.3, 0.4) is 0 Å². The number of piperazine rings is 1. The van der Waals surface area contributed by atoms with E-state index in [4.69, 9.17) is 0 Å². The van der Waals surface area contributed by atoms with Crippen LogP contribution in [0.15, 0.2) is 0 Å². The first kappa shape index (κ1) is 9.97. The van der Waals surface area contributed by atoms with Gasteiger partial charge in [0, 0.05) is 31.1 Å². The van der Waals surface area contributed by atoms with Crippen molar-refractivity contribution in [3.63, 3.8) is 0 Å². The van der Waals surface area contributed by atoms with Crippen molar-refractivity contribution in [1.29, 1.82) is 0 Å². The van der Waals surface area contributed by atoms with Gasteiger partial charge < -0.3 is 10.2 Å². The van der Waals surface area contributed by atoms with Crippen molar-refractivity contribution in [3.05, 3.63) is 0 Å². The van der Waals surface area contributed by atoms with Crippen LogP contribution in [0.4, 0.5) is 0 Å². The Morgan fingerprint density at radius 1 is 1.21 bits per heavy atom. The third-order valence-corrected chi connectivity index (χ3v) is 3.32. The molecular formula is C11H20N2O. The zero-order valence-corrected chi connectivity index (χ0v) is 9.12. The van der Waals surface area contributed by atoms with E-state index in [1.807, 2.05) is 0 Å². The highest BCUT2D eigenvalue weighted by molar-refractivity contribution is 5.79. The molecule has 1 amide bonds. The maximum absolute atomic E-state index is 12.0. The zero-order chi connectivity index (χ0) is 10.1. The van der Waals surface area contributed by atoms with Crippen LogP contribution in [-0.2, 0) is 4.79 Å². The second kappa shape index (κ2) is 3.89. The molecule has 1 aliphatic carbocycles. The lowest BCUT2D eigenvalue weighted by Crippen LogP contribution is -2.57. The maximum Gasteiger partial charge on any atom is 0.225 e. The molecule has 0 aromatic carbocycles. The van der Waals surface area contributed by atoms with Crippen LogP contribution in [0, 0.1) is 5.92 Å². The number of nitrogens with one attached hydrogen (secondary N) is 1. The molecule has 2 unspecified atom stereocenters. The predicted molar refractivity (Wildman–Crippen MR) is 56.0 cm³/mol. The first-order valence-corrected chi connectivity index (χ1v) is 5.71. The highest BCUT2D eigenvalue weighted by atomic mass is 16.2.